The van der Waals surface area contributed by atoms with Crippen LogP contribution in [0.1, 0.15) is 12.5 Å². The Bertz CT molecular complexity index is 1370. The molecule has 28 heavy (non-hydrogen) atoms. The molecule has 0 amide bonds. The summed E-state index contributed by atoms with van der Waals surface area (Å²) in [6, 6.07) is 5.43. The molecule has 0 aromatic carbocycles. The van der Waals surface area contributed by atoms with Crippen LogP contribution >= 0.6 is 0 Å². The summed E-state index contributed by atoms with van der Waals surface area (Å²) in [5, 5.41) is 4.30. The number of fused-ring (bicyclic) bond motifs is 2. The Hall–Kier alpha value is -3.05. The molecule has 5 rings (SSSR count). The molecule has 11 heteroatoms. The fourth-order valence-corrected chi connectivity index (χ4v) is 4.59. The van der Waals surface area contributed by atoms with E-state index in [2.05, 4.69) is 20.1 Å². The van der Waals surface area contributed by atoms with E-state index >= 15 is 0 Å². The lowest BCUT2D eigenvalue weighted by Crippen LogP contribution is -2.30. The molecule has 1 atom stereocenters. The first-order valence-corrected chi connectivity index (χ1v) is 10.6. The second-order valence-corrected chi connectivity index (χ2v) is 8.87. The normalized spacial score (nSPS) is 18.4. The fourth-order valence-electron chi connectivity index (χ4n) is 3.71. The molecule has 4 aromatic heterocycles. The zero-order chi connectivity index (χ0) is 19.5. The number of H-pyrrole nitrogens is 1. The molecule has 0 radical (unpaired) electrons. The fraction of sp³-hybridized carbons (Fsp3) is 0.294. The van der Waals surface area contributed by atoms with Gasteiger partial charge in [0.15, 0.2) is 11.5 Å². The van der Waals surface area contributed by atoms with E-state index in [9.17, 15) is 13.2 Å². The molecule has 0 aliphatic carbocycles. The van der Waals surface area contributed by atoms with Crippen molar-refractivity contribution in [1.82, 2.24) is 33.4 Å². The molecule has 1 aliphatic heterocycles. The summed E-state index contributed by atoms with van der Waals surface area (Å²) in [6.45, 7) is 0.635. The number of sulfonamides is 1. The lowest BCUT2D eigenvalue weighted by molar-refractivity contribution is 0.455. The molecule has 0 unspecified atom stereocenters. The van der Waals surface area contributed by atoms with Crippen molar-refractivity contribution >= 4 is 26.7 Å². The van der Waals surface area contributed by atoms with Crippen LogP contribution in [0, 0.1) is 0 Å². The molecule has 144 valence electrons. The van der Waals surface area contributed by atoms with Gasteiger partial charge in [-0.05, 0) is 18.6 Å². The molecule has 4 aromatic rings. The first-order chi connectivity index (χ1) is 13.4. The molecule has 10 nitrogen and oxygen atoms in total. The van der Waals surface area contributed by atoms with Crippen molar-refractivity contribution in [3.05, 3.63) is 47.3 Å². The highest BCUT2D eigenvalue weighted by Gasteiger charge is 2.32. The maximum absolute atomic E-state index is 12.5. The lowest BCUT2D eigenvalue weighted by Gasteiger charge is -2.14. The Morgan fingerprint density at radius 3 is 2.89 bits per heavy atom. The molecular weight excluding hydrogens is 382 g/mol. The number of hydrogen-bond donors (Lipinski definition) is 1. The highest BCUT2D eigenvalue weighted by Crippen LogP contribution is 2.26. The average Bonchev–Trinajstić information content (AvgIpc) is 3.36. The van der Waals surface area contributed by atoms with Crippen molar-refractivity contribution in [3.63, 3.8) is 0 Å². The molecule has 1 N–H and O–H groups in total. The molecule has 1 aliphatic rings. The van der Waals surface area contributed by atoms with Gasteiger partial charge in [0.05, 0.1) is 35.8 Å². The number of nitrogens with one attached hydrogen (secondary N) is 1. The SMILES string of the molecule is CS(=O)(=O)N1CC[C@H](n2c(=O)[nH]c3cnc(-c4cnn5ccccc45)nc32)C1. The smallest absolute Gasteiger partial charge is 0.303 e. The molecule has 5 heterocycles. The predicted molar refractivity (Wildman–Crippen MR) is 102 cm³/mol. The van der Waals surface area contributed by atoms with E-state index in [-0.39, 0.29) is 18.3 Å². The summed E-state index contributed by atoms with van der Waals surface area (Å²) in [6.07, 6.45) is 6.83. The Labute approximate surface area is 159 Å². The van der Waals surface area contributed by atoms with Crippen LogP contribution in [-0.2, 0) is 10.0 Å². The maximum Gasteiger partial charge on any atom is 0.328 e. The second-order valence-electron chi connectivity index (χ2n) is 6.88. The zero-order valence-corrected chi connectivity index (χ0v) is 15.8. The quantitative estimate of drug-likeness (QED) is 0.540. The van der Waals surface area contributed by atoms with Gasteiger partial charge in [-0.2, -0.15) is 5.10 Å². The summed E-state index contributed by atoms with van der Waals surface area (Å²) in [4.78, 5) is 24.3. The number of aromatic nitrogens is 6. The summed E-state index contributed by atoms with van der Waals surface area (Å²) < 4.78 is 28.3. The summed E-state index contributed by atoms with van der Waals surface area (Å²) >= 11 is 0. The van der Waals surface area contributed by atoms with Gasteiger partial charge in [-0.3, -0.25) is 4.57 Å². The van der Waals surface area contributed by atoms with Crippen molar-refractivity contribution in [3.8, 4) is 11.4 Å². The third-order valence-corrected chi connectivity index (χ3v) is 6.35. The van der Waals surface area contributed by atoms with E-state index in [1.807, 2.05) is 24.4 Å². The summed E-state index contributed by atoms with van der Waals surface area (Å²) in [5.41, 5.74) is 2.28. The molecule has 0 bridgehead atoms. The van der Waals surface area contributed by atoms with E-state index in [1.165, 1.54) is 15.1 Å². The van der Waals surface area contributed by atoms with Crippen LogP contribution in [0.2, 0.25) is 0 Å². The van der Waals surface area contributed by atoms with Crippen LogP contribution in [0.15, 0.2) is 41.6 Å². The van der Waals surface area contributed by atoms with Gasteiger partial charge < -0.3 is 4.98 Å². The van der Waals surface area contributed by atoms with Gasteiger partial charge in [-0.15, -0.1) is 0 Å². The number of hydrogen-bond acceptors (Lipinski definition) is 6. The predicted octanol–water partition coefficient (Wildman–Crippen LogP) is 0.641. The first kappa shape index (κ1) is 17.1. The summed E-state index contributed by atoms with van der Waals surface area (Å²) in [5.74, 6) is 0.458. The van der Waals surface area contributed by atoms with Crippen molar-refractivity contribution < 1.29 is 8.42 Å². The Kier molecular flexibility index (Phi) is 3.64. The van der Waals surface area contributed by atoms with Gasteiger partial charge in [0.25, 0.3) is 0 Å². The number of pyridine rings is 1. The first-order valence-electron chi connectivity index (χ1n) is 8.77. The van der Waals surface area contributed by atoms with E-state index < -0.39 is 10.0 Å². The number of imidazole rings is 1. The van der Waals surface area contributed by atoms with Crippen LogP contribution in [-0.4, -0.2) is 61.2 Å². The average molecular weight is 399 g/mol. The van der Waals surface area contributed by atoms with Gasteiger partial charge in [0, 0.05) is 19.3 Å². The molecule has 0 spiro atoms. The summed E-state index contributed by atoms with van der Waals surface area (Å²) in [7, 11) is -3.30. The van der Waals surface area contributed by atoms with Gasteiger partial charge in [0.2, 0.25) is 10.0 Å². The highest BCUT2D eigenvalue weighted by molar-refractivity contribution is 7.88. The zero-order valence-electron chi connectivity index (χ0n) is 15.0. The van der Waals surface area contributed by atoms with Gasteiger partial charge in [-0.1, -0.05) is 6.07 Å². The maximum atomic E-state index is 12.5. The molecule has 0 saturated carbocycles. The minimum absolute atomic E-state index is 0.252. The standard InChI is InChI=1S/C17H17N7O3S/c1-28(26,27)22-7-5-11(10-22)24-16-13(20-17(24)25)9-18-15(21-16)12-8-19-23-6-3-2-4-14(12)23/h2-4,6,8-9,11H,5,7,10H2,1H3,(H,20,25)/t11-/m0/s1. The van der Waals surface area contributed by atoms with Gasteiger partial charge in [0.1, 0.15) is 5.52 Å². The topological polar surface area (TPSA) is 118 Å². The van der Waals surface area contributed by atoms with E-state index in [4.69, 9.17) is 0 Å². The Morgan fingerprint density at radius 2 is 2.11 bits per heavy atom. The number of aromatic amines is 1. The lowest BCUT2D eigenvalue weighted by atomic mass is 10.2. The molecule has 1 fully saturated rings. The minimum Gasteiger partial charge on any atom is -0.303 e. The van der Waals surface area contributed by atoms with Crippen LogP contribution in [0.25, 0.3) is 28.1 Å². The van der Waals surface area contributed by atoms with E-state index in [0.29, 0.717) is 30.0 Å². The minimum atomic E-state index is -3.30. The Morgan fingerprint density at radius 1 is 1.25 bits per heavy atom. The van der Waals surface area contributed by atoms with Crippen LogP contribution < -0.4 is 5.69 Å². The molecule has 1 saturated heterocycles. The van der Waals surface area contributed by atoms with Gasteiger partial charge >= 0.3 is 5.69 Å². The second kappa shape index (κ2) is 5.97. The van der Waals surface area contributed by atoms with Gasteiger partial charge in [-0.25, -0.2) is 32.0 Å². The number of rotatable bonds is 3. The van der Waals surface area contributed by atoms with Crippen molar-refractivity contribution in [2.75, 3.05) is 19.3 Å². The number of nitrogens with zero attached hydrogens (tertiary/aromatic N) is 6. The van der Waals surface area contributed by atoms with Crippen molar-refractivity contribution in [2.45, 2.75) is 12.5 Å². The largest absolute Gasteiger partial charge is 0.328 e. The van der Waals surface area contributed by atoms with Crippen LogP contribution in [0.5, 0.6) is 0 Å². The van der Waals surface area contributed by atoms with Crippen LogP contribution in [0.3, 0.4) is 0 Å². The monoisotopic (exact) mass is 399 g/mol. The van der Waals surface area contributed by atoms with E-state index in [1.54, 1.807) is 16.9 Å². The Balaban J connectivity index is 1.63. The highest BCUT2D eigenvalue weighted by atomic mass is 32.2. The third-order valence-electron chi connectivity index (χ3n) is 5.08. The van der Waals surface area contributed by atoms with Crippen molar-refractivity contribution in [2.24, 2.45) is 0 Å². The van der Waals surface area contributed by atoms with Crippen LogP contribution in [0.4, 0.5) is 0 Å². The third kappa shape index (κ3) is 2.62. The van der Waals surface area contributed by atoms with E-state index in [0.717, 1.165) is 11.1 Å². The molecular formula is C17H17N7O3S. The van der Waals surface area contributed by atoms with Crippen molar-refractivity contribution in [1.29, 1.82) is 0 Å².